The Hall–Kier alpha value is -3.71. The summed E-state index contributed by atoms with van der Waals surface area (Å²) in [5, 5.41) is 8.75. The van der Waals surface area contributed by atoms with Gasteiger partial charge >= 0.3 is 0 Å². The van der Waals surface area contributed by atoms with Gasteiger partial charge in [0.25, 0.3) is 11.8 Å². The maximum absolute atomic E-state index is 12.6. The zero-order valence-electron chi connectivity index (χ0n) is 18.0. The van der Waals surface area contributed by atoms with Crippen LogP contribution in [0.3, 0.4) is 0 Å². The average Bonchev–Trinajstić information content (AvgIpc) is 2.80. The van der Waals surface area contributed by atoms with Gasteiger partial charge in [-0.05, 0) is 73.6 Å². The number of nitrogens with one attached hydrogen (secondary N) is 3. The summed E-state index contributed by atoms with van der Waals surface area (Å²) in [4.78, 5) is 25.0. The van der Waals surface area contributed by atoms with Crippen LogP contribution in [0.4, 0.5) is 11.4 Å². The molecule has 0 saturated heterocycles. The fourth-order valence-electron chi connectivity index (χ4n) is 2.99. The minimum Gasteiger partial charge on any atom is -0.493 e. The minimum atomic E-state index is -0.349. The van der Waals surface area contributed by atoms with Gasteiger partial charge in [-0.2, -0.15) is 0 Å². The summed E-state index contributed by atoms with van der Waals surface area (Å²) in [6, 6.07) is 21.5. The SMILES string of the molecule is CCCOc1ccccc1C(=O)NC(=S)Nc1ccc(NC(=O)c2ccccc2)c(C)c1. The van der Waals surface area contributed by atoms with E-state index in [1.807, 2.05) is 44.2 Å². The summed E-state index contributed by atoms with van der Waals surface area (Å²) in [6.45, 7) is 4.41. The largest absolute Gasteiger partial charge is 0.493 e. The number of anilines is 2. The number of thiocarbonyl (C=S) groups is 1. The molecule has 0 aromatic heterocycles. The number of aryl methyl sites for hydroxylation is 1. The standard InChI is InChI=1S/C25H25N3O3S/c1-3-15-31-22-12-8-7-11-20(22)24(30)28-25(32)26-19-13-14-21(17(2)16-19)27-23(29)18-9-5-4-6-10-18/h4-14,16H,3,15H2,1-2H3,(H,27,29)(H2,26,28,30,32). The molecule has 6 nitrogen and oxygen atoms in total. The number of hydrogen-bond donors (Lipinski definition) is 3. The van der Waals surface area contributed by atoms with E-state index in [4.69, 9.17) is 17.0 Å². The van der Waals surface area contributed by atoms with E-state index in [2.05, 4.69) is 16.0 Å². The van der Waals surface area contributed by atoms with E-state index in [1.54, 1.807) is 42.5 Å². The molecule has 7 heteroatoms. The zero-order valence-corrected chi connectivity index (χ0v) is 18.8. The van der Waals surface area contributed by atoms with E-state index in [9.17, 15) is 9.59 Å². The minimum absolute atomic E-state index is 0.167. The Morgan fingerprint density at radius 1 is 0.906 bits per heavy atom. The lowest BCUT2D eigenvalue weighted by molar-refractivity contribution is 0.0972. The van der Waals surface area contributed by atoms with Gasteiger partial charge in [-0.15, -0.1) is 0 Å². The maximum atomic E-state index is 12.6. The van der Waals surface area contributed by atoms with Crippen molar-refractivity contribution in [1.29, 1.82) is 0 Å². The Balaban J connectivity index is 1.61. The number of carbonyl (C=O) groups is 2. The van der Waals surface area contributed by atoms with Gasteiger partial charge in [-0.1, -0.05) is 37.3 Å². The van der Waals surface area contributed by atoms with Crippen LogP contribution in [0, 0.1) is 6.92 Å². The molecule has 3 aromatic carbocycles. The van der Waals surface area contributed by atoms with Crippen molar-refractivity contribution in [1.82, 2.24) is 5.32 Å². The van der Waals surface area contributed by atoms with Crippen molar-refractivity contribution in [3.8, 4) is 5.75 Å². The summed E-state index contributed by atoms with van der Waals surface area (Å²) >= 11 is 5.30. The van der Waals surface area contributed by atoms with Crippen molar-refractivity contribution in [2.24, 2.45) is 0 Å². The molecule has 3 rings (SSSR count). The average molecular weight is 448 g/mol. The molecule has 0 aliphatic carbocycles. The Morgan fingerprint density at radius 2 is 1.62 bits per heavy atom. The van der Waals surface area contributed by atoms with Gasteiger partial charge < -0.3 is 15.4 Å². The Bertz CT molecular complexity index is 1120. The molecule has 0 atom stereocenters. The number of ether oxygens (including phenoxy) is 1. The fraction of sp³-hybridized carbons (Fsp3) is 0.160. The number of hydrogen-bond acceptors (Lipinski definition) is 4. The normalized spacial score (nSPS) is 10.2. The van der Waals surface area contributed by atoms with E-state index < -0.39 is 0 Å². The molecule has 3 N–H and O–H groups in total. The molecule has 32 heavy (non-hydrogen) atoms. The predicted molar refractivity (Wildman–Crippen MR) is 131 cm³/mol. The highest BCUT2D eigenvalue weighted by atomic mass is 32.1. The van der Waals surface area contributed by atoms with Crippen molar-refractivity contribution in [2.75, 3.05) is 17.2 Å². The molecule has 0 spiro atoms. The molecule has 0 fully saturated rings. The molecular formula is C25H25N3O3S. The molecule has 3 aromatic rings. The zero-order chi connectivity index (χ0) is 22.9. The van der Waals surface area contributed by atoms with Crippen molar-refractivity contribution >= 4 is 40.5 Å². The fourth-order valence-corrected chi connectivity index (χ4v) is 3.20. The third kappa shape index (κ3) is 6.15. The number of amides is 2. The van der Waals surface area contributed by atoms with Crippen molar-refractivity contribution in [3.05, 3.63) is 89.5 Å². The van der Waals surface area contributed by atoms with Gasteiger partial charge in [0.05, 0.1) is 12.2 Å². The van der Waals surface area contributed by atoms with Crippen LogP contribution in [-0.4, -0.2) is 23.5 Å². The first-order chi connectivity index (χ1) is 15.5. The van der Waals surface area contributed by atoms with Crippen molar-refractivity contribution in [2.45, 2.75) is 20.3 Å². The molecule has 0 unspecified atom stereocenters. The third-order valence-electron chi connectivity index (χ3n) is 4.59. The molecule has 0 saturated carbocycles. The second-order valence-corrected chi connectivity index (χ2v) is 7.51. The predicted octanol–water partition coefficient (Wildman–Crippen LogP) is 5.16. The van der Waals surface area contributed by atoms with Gasteiger partial charge in [0.2, 0.25) is 0 Å². The molecule has 0 heterocycles. The van der Waals surface area contributed by atoms with Crippen LogP contribution in [-0.2, 0) is 0 Å². The van der Waals surface area contributed by atoms with Gasteiger partial charge in [0.15, 0.2) is 5.11 Å². The van der Waals surface area contributed by atoms with E-state index in [1.165, 1.54) is 0 Å². The first-order valence-corrected chi connectivity index (χ1v) is 10.7. The monoisotopic (exact) mass is 447 g/mol. The van der Waals surface area contributed by atoms with Crippen LogP contribution in [0.5, 0.6) is 5.75 Å². The molecule has 2 amide bonds. The van der Waals surface area contributed by atoms with E-state index >= 15 is 0 Å². The number of rotatable bonds is 7. The second-order valence-electron chi connectivity index (χ2n) is 7.10. The van der Waals surface area contributed by atoms with Gasteiger partial charge in [-0.3, -0.25) is 14.9 Å². The molecule has 0 radical (unpaired) electrons. The highest BCUT2D eigenvalue weighted by Crippen LogP contribution is 2.21. The Labute approximate surface area is 193 Å². The summed E-state index contributed by atoms with van der Waals surface area (Å²) in [6.07, 6.45) is 0.844. The number of benzene rings is 3. The summed E-state index contributed by atoms with van der Waals surface area (Å²) in [5.74, 6) is -0.0113. The summed E-state index contributed by atoms with van der Waals surface area (Å²) < 4.78 is 5.64. The highest BCUT2D eigenvalue weighted by molar-refractivity contribution is 7.80. The van der Waals surface area contributed by atoms with Crippen LogP contribution < -0.4 is 20.7 Å². The quantitative estimate of drug-likeness (QED) is 0.436. The van der Waals surface area contributed by atoms with Crippen LogP contribution in [0.1, 0.15) is 39.6 Å². The molecule has 0 aliphatic heterocycles. The van der Waals surface area contributed by atoms with Crippen molar-refractivity contribution in [3.63, 3.8) is 0 Å². The third-order valence-corrected chi connectivity index (χ3v) is 4.79. The topological polar surface area (TPSA) is 79.5 Å². The number of para-hydroxylation sites is 1. The van der Waals surface area contributed by atoms with Crippen molar-refractivity contribution < 1.29 is 14.3 Å². The van der Waals surface area contributed by atoms with Crippen LogP contribution in [0.2, 0.25) is 0 Å². The molecular weight excluding hydrogens is 422 g/mol. The lowest BCUT2D eigenvalue weighted by Crippen LogP contribution is -2.34. The number of carbonyl (C=O) groups excluding carboxylic acids is 2. The lowest BCUT2D eigenvalue weighted by Gasteiger charge is -2.14. The van der Waals surface area contributed by atoms with Crippen LogP contribution in [0.15, 0.2) is 72.8 Å². The highest BCUT2D eigenvalue weighted by Gasteiger charge is 2.14. The Kier molecular flexibility index (Phi) is 7.94. The second kappa shape index (κ2) is 11.1. The Morgan fingerprint density at radius 3 is 2.34 bits per heavy atom. The summed E-state index contributed by atoms with van der Waals surface area (Å²) in [5.41, 5.74) is 3.25. The molecule has 0 bridgehead atoms. The van der Waals surface area contributed by atoms with E-state index in [0.717, 1.165) is 12.0 Å². The molecule has 0 aliphatic rings. The lowest BCUT2D eigenvalue weighted by atomic mass is 10.1. The van der Waals surface area contributed by atoms with Gasteiger partial charge in [-0.25, -0.2) is 0 Å². The van der Waals surface area contributed by atoms with Crippen LogP contribution in [0.25, 0.3) is 0 Å². The smallest absolute Gasteiger partial charge is 0.261 e. The van der Waals surface area contributed by atoms with Gasteiger partial charge in [0.1, 0.15) is 5.75 Å². The first kappa shape index (κ1) is 23.0. The summed E-state index contributed by atoms with van der Waals surface area (Å²) in [7, 11) is 0. The maximum Gasteiger partial charge on any atom is 0.261 e. The van der Waals surface area contributed by atoms with E-state index in [-0.39, 0.29) is 16.9 Å². The first-order valence-electron chi connectivity index (χ1n) is 10.3. The molecule has 164 valence electrons. The van der Waals surface area contributed by atoms with Gasteiger partial charge in [0, 0.05) is 16.9 Å². The van der Waals surface area contributed by atoms with Crippen LogP contribution >= 0.6 is 12.2 Å². The van der Waals surface area contributed by atoms with E-state index in [0.29, 0.717) is 34.9 Å².